The molecule has 4 heteroatoms. The van der Waals surface area contributed by atoms with Crippen molar-refractivity contribution in [2.45, 2.75) is 13.0 Å². The molecule has 0 fully saturated rings. The highest BCUT2D eigenvalue weighted by molar-refractivity contribution is 6.30. The molecule has 0 aliphatic heterocycles. The molecule has 0 aromatic heterocycles. The molecule has 2 rings (SSSR count). The molecule has 0 unspecified atom stereocenters. The van der Waals surface area contributed by atoms with Gasteiger partial charge in [0.05, 0.1) is 13.5 Å². The summed E-state index contributed by atoms with van der Waals surface area (Å²) in [5.74, 6) is 0.491. The zero-order valence-corrected chi connectivity index (χ0v) is 11.9. The number of methoxy groups -OCH3 is 1. The third-order valence-electron chi connectivity index (χ3n) is 2.87. The minimum Gasteiger partial charge on any atom is -0.489 e. The van der Waals surface area contributed by atoms with Gasteiger partial charge in [0.1, 0.15) is 12.4 Å². The average molecular weight is 291 g/mol. The molecule has 0 N–H and O–H groups in total. The van der Waals surface area contributed by atoms with Crippen molar-refractivity contribution in [1.82, 2.24) is 0 Å². The van der Waals surface area contributed by atoms with Crippen LogP contribution in [0.15, 0.2) is 48.5 Å². The normalized spacial score (nSPS) is 10.1. The van der Waals surface area contributed by atoms with E-state index in [0.717, 1.165) is 16.9 Å². The lowest BCUT2D eigenvalue weighted by atomic mass is 10.1. The molecule has 0 atom stereocenters. The van der Waals surface area contributed by atoms with Crippen LogP contribution in [0.1, 0.15) is 11.1 Å². The number of carbonyl (C=O) groups excluding carboxylic acids is 1. The number of para-hydroxylation sites is 1. The van der Waals surface area contributed by atoms with E-state index in [9.17, 15) is 4.79 Å². The SMILES string of the molecule is COC(=O)Cc1ccc(Cl)cc1COc1ccccc1. The number of rotatable bonds is 5. The van der Waals surface area contributed by atoms with Crippen molar-refractivity contribution in [1.29, 1.82) is 0 Å². The molecule has 0 bridgehead atoms. The molecule has 0 amide bonds. The van der Waals surface area contributed by atoms with Gasteiger partial charge in [-0.25, -0.2) is 0 Å². The van der Waals surface area contributed by atoms with Crippen molar-refractivity contribution in [3.8, 4) is 5.75 Å². The van der Waals surface area contributed by atoms with Crippen LogP contribution in [-0.2, 0) is 22.6 Å². The van der Waals surface area contributed by atoms with E-state index < -0.39 is 0 Å². The second-order valence-corrected chi connectivity index (χ2v) is 4.70. The van der Waals surface area contributed by atoms with E-state index in [1.54, 1.807) is 6.07 Å². The first-order valence-electron chi connectivity index (χ1n) is 6.21. The summed E-state index contributed by atoms with van der Waals surface area (Å²) < 4.78 is 10.4. The van der Waals surface area contributed by atoms with Gasteiger partial charge in [-0.1, -0.05) is 35.9 Å². The highest BCUT2D eigenvalue weighted by Crippen LogP contribution is 2.19. The van der Waals surface area contributed by atoms with Crippen molar-refractivity contribution < 1.29 is 14.3 Å². The Balaban J connectivity index is 2.13. The van der Waals surface area contributed by atoms with E-state index in [0.29, 0.717) is 11.6 Å². The Morgan fingerprint density at radius 2 is 1.85 bits per heavy atom. The molecule has 3 nitrogen and oxygen atoms in total. The second kappa shape index (κ2) is 6.96. The van der Waals surface area contributed by atoms with Crippen LogP contribution in [0, 0.1) is 0 Å². The van der Waals surface area contributed by atoms with Crippen LogP contribution in [0.25, 0.3) is 0 Å². The van der Waals surface area contributed by atoms with Crippen molar-refractivity contribution in [2.75, 3.05) is 7.11 Å². The number of esters is 1. The molecule has 2 aromatic carbocycles. The van der Waals surface area contributed by atoms with Crippen LogP contribution in [0.3, 0.4) is 0 Å². The van der Waals surface area contributed by atoms with Gasteiger partial charge in [-0.15, -0.1) is 0 Å². The molecule has 0 aliphatic rings. The van der Waals surface area contributed by atoms with E-state index in [2.05, 4.69) is 4.74 Å². The summed E-state index contributed by atoms with van der Waals surface area (Å²) >= 11 is 6.00. The number of carbonyl (C=O) groups is 1. The van der Waals surface area contributed by atoms with Gasteiger partial charge in [0.2, 0.25) is 0 Å². The Labute approximate surface area is 123 Å². The minimum absolute atomic E-state index is 0.209. The van der Waals surface area contributed by atoms with Gasteiger partial charge >= 0.3 is 5.97 Å². The standard InChI is InChI=1S/C16H15ClO3/c1-19-16(18)10-12-7-8-14(17)9-13(12)11-20-15-5-3-2-4-6-15/h2-9H,10-11H2,1H3. The second-order valence-electron chi connectivity index (χ2n) is 4.27. The number of hydrogen-bond donors (Lipinski definition) is 0. The third-order valence-corrected chi connectivity index (χ3v) is 3.10. The summed E-state index contributed by atoms with van der Waals surface area (Å²) in [4.78, 5) is 11.4. The van der Waals surface area contributed by atoms with Gasteiger partial charge in [-0.05, 0) is 35.4 Å². The summed E-state index contributed by atoms with van der Waals surface area (Å²) in [6.07, 6.45) is 0.209. The first-order valence-corrected chi connectivity index (χ1v) is 6.59. The molecule has 0 aliphatic carbocycles. The lowest BCUT2D eigenvalue weighted by Gasteiger charge is -2.11. The van der Waals surface area contributed by atoms with Gasteiger partial charge < -0.3 is 9.47 Å². The van der Waals surface area contributed by atoms with Gasteiger partial charge in [0.25, 0.3) is 0 Å². The lowest BCUT2D eigenvalue weighted by molar-refractivity contribution is -0.139. The van der Waals surface area contributed by atoms with E-state index in [4.69, 9.17) is 16.3 Å². The number of ether oxygens (including phenoxy) is 2. The maximum absolute atomic E-state index is 11.4. The predicted octanol–water partition coefficient (Wildman–Crippen LogP) is 3.63. The monoisotopic (exact) mass is 290 g/mol. The first-order chi connectivity index (χ1) is 9.69. The maximum Gasteiger partial charge on any atom is 0.309 e. The molecule has 20 heavy (non-hydrogen) atoms. The minimum atomic E-state index is -0.284. The predicted molar refractivity (Wildman–Crippen MR) is 77.9 cm³/mol. The van der Waals surface area contributed by atoms with Gasteiger partial charge in [0.15, 0.2) is 0 Å². The van der Waals surface area contributed by atoms with Gasteiger partial charge in [-0.2, -0.15) is 0 Å². The van der Waals surface area contributed by atoms with Crippen LogP contribution < -0.4 is 4.74 Å². The summed E-state index contributed by atoms with van der Waals surface area (Å²) in [7, 11) is 1.37. The van der Waals surface area contributed by atoms with Gasteiger partial charge in [-0.3, -0.25) is 4.79 Å². The fourth-order valence-corrected chi connectivity index (χ4v) is 2.00. The molecule has 0 radical (unpaired) electrons. The zero-order chi connectivity index (χ0) is 14.4. The molecular formula is C16H15ClO3. The number of hydrogen-bond acceptors (Lipinski definition) is 3. The maximum atomic E-state index is 11.4. The van der Waals surface area contributed by atoms with Crippen LogP contribution in [0.2, 0.25) is 5.02 Å². The zero-order valence-electron chi connectivity index (χ0n) is 11.1. The number of benzene rings is 2. The Bertz CT molecular complexity index is 582. The van der Waals surface area contributed by atoms with E-state index in [1.807, 2.05) is 42.5 Å². The van der Waals surface area contributed by atoms with E-state index in [-0.39, 0.29) is 12.4 Å². The number of halogens is 1. The van der Waals surface area contributed by atoms with Crippen LogP contribution in [0.5, 0.6) is 5.75 Å². The Morgan fingerprint density at radius 3 is 2.55 bits per heavy atom. The quantitative estimate of drug-likeness (QED) is 0.789. The summed E-state index contributed by atoms with van der Waals surface area (Å²) in [6, 6.07) is 14.9. The molecular weight excluding hydrogens is 276 g/mol. The van der Waals surface area contributed by atoms with Crippen molar-refractivity contribution in [2.24, 2.45) is 0 Å². The molecule has 104 valence electrons. The van der Waals surface area contributed by atoms with Crippen molar-refractivity contribution in [3.05, 3.63) is 64.7 Å². The van der Waals surface area contributed by atoms with Crippen LogP contribution in [-0.4, -0.2) is 13.1 Å². The van der Waals surface area contributed by atoms with Crippen LogP contribution >= 0.6 is 11.6 Å². The molecule has 2 aromatic rings. The molecule has 0 saturated carbocycles. The molecule has 0 saturated heterocycles. The largest absolute Gasteiger partial charge is 0.489 e. The first kappa shape index (κ1) is 14.4. The topological polar surface area (TPSA) is 35.5 Å². The van der Waals surface area contributed by atoms with Crippen molar-refractivity contribution >= 4 is 17.6 Å². The molecule has 0 spiro atoms. The Kier molecular flexibility index (Phi) is 5.02. The lowest BCUT2D eigenvalue weighted by Crippen LogP contribution is -2.08. The average Bonchev–Trinajstić information content (AvgIpc) is 2.48. The highest BCUT2D eigenvalue weighted by Gasteiger charge is 2.09. The van der Waals surface area contributed by atoms with E-state index >= 15 is 0 Å². The smallest absolute Gasteiger partial charge is 0.309 e. The fourth-order valence-electron chi connectivity index (χ4n) is 1.81. The van der Waals surface area contributed by atoms with E-state index in [1.165, 1.54) is 7.11 Å². The third kappa shape index (κ3) is 4.00. The fraction of sp³-hybridized carbons (Fsp3) is 0.188. The Hall–Kier alpha value is -2.00. The van der Waals surface area contributed by atoms with Crippen molar-refractivity contribution in [3.63, 3.8) is 0 Å². The summed E-state index contributed by atoms with van der Waals surface area (Å²) in [6.45, 7) is 0.358. The summed E-state index contributed by atoms with van der Waals surface area (Å²) in [5, 5.41) is 0.616. The Morgan fingerprint density at radius 1 is 1.10 bits per heavy atom. The summed E-state index contributed by atoms with van der Waals surface area (Å²) in [5.41, 5.74) is 1.74. The highest BCUT2D eigenvalue weighted by atomic mass is 35.5. The van der Waals surface area contributed by atoms with Gasteiger partial charge in [0, 0.05) is 5.02 Å². The van der Waals surface area contributed by atoms with Crippen LogP contribution in [0.4, 0.5) is 0 Å². The molecule has 0 heterocycles.